The Kier molecular flexibility index (Phi) is 3.95. The van der Waals surface area contributed by atoms with Gasteiger partial charge in [-0.05, 0) is 31.0 Å². The number of hydrogen-bond donors (Lipinski definition) is 1. The molecule has 2 aromatic rings. The first kappa shape index (κ1) is 14.3. The standard InChI is InChI=1S/C15H14ClNO3/c1-9-8-10(2)17(14(18)12(9)15(19)20)13(16)11-6-4-3-5-7-11/h3-8,13H,1-2H3,(H,19,20). The zero-order valence-electron chi connectivity index (χ0n) is 11.1. The summed E-state index contributed by atoms with van der Waals surface area (Å²) in [5.41, 5.74) is 0.243. The van der Waals surface area contributed by atoms with Gasteiger partial charge in [-0.3, -0.25) is 9.36 Å². The smallest absolute Gasteiger partial charge is 0.341 e. The van der Waals surface area contributed by atoms with E-state index in [2.05, 4.69) is 0 Å². The third kappa shape index (κ3) is 2.47. The Hall–Kier alpha value is -2.07. The van der Waals surface area contributed by atoms with E-state index in [1.165, 1.54) is 4.57 Å². The fraction of sp³-hybridized carbons (Fsp3) is 0.200. The van der Waals surface area contributed by atoms with Crippen molar-refractivity contribution in [3.63, 3.8) is 0 Å². The monoisotopic (exact) mass is 291 g/mol. The molecule has 1 atom stereocenters. The summed E-state index contributed by atoms with van der Waals surface area (Å²) < 4.78 is 1.30. The summed E-state index contributed by atoms with van der Waals surface area (Å²) in [6.07, 6.45) is 0. The first-order chi connectivity index (χ1) is 9.43. The van der Waals surface area contributed by atoms with E-state index in [4.69, 9.17) is 16.7 Å². The number of nitrogens with zero attached hydrogens (tertiary/aromatic N) is 1. The normalized spacial score (nSPS) is 12.2. The Morgan fingerprint density at radius 3 is 2.40 bits per heavy atom. The molecule has 0 aliphatic carbocycles. The van der Waals surface area contributed by atoms with Crippen LogP contribution in [0.25, 0.3) is 0 Å². The van der Waals surface area contributed by atoms with E-state index in [9.17, 15) is 9.59 Å². The lowest BCUT2D eigenvalue weighted by molar-refractivity contribution is 0.0693. The van der Waals surface area contributed by atoms with Gasteiger partial charge in [0.1, 0.15) is 11.1 Å². The van der Waals surface area contributed by atoms with Crippen molar-refractivity contribution >= 4 is 17.6 Å². The van der Waals surface area contributed by atoms with Crippen molar-refractivity contribution in [3.05, 3.63) is 69.1 Å². The molecule has 4 nitrogen and oxygen atoms in total. The van der Waals surface area contributed by atoms with Crippen molar-refractivity contribution in [1.29, 1.82) is 0 Å². The van der Waals surface area contributed by atoms with Gasteiger partial charge in [-0.2, -0.15) is 0 Å². The fourth-order valence-electron chi connectivity index (χ4n) is 2.21. The molecule has 0 amide bonds. The number of aryl methyl sites for hydroxylation is 2. The minimum absolute atomic E-state index is 0.239. The van der Waals surface area contributed by atoms with E-state index < -0.39 is 17.0 Å². The van der Waals surface area contributed by atoms with Crippen molar-refractivity contribution in [2.24, 2.45) is 0 Å². The molecule has 1 unspecified atom stereocenters. The van der Waals surface area contributed by atoms with Crippen LogP contribution in [0.3, 0.4) is 0 Å². The Bertz CT molecular complexity index is 707. The molecule has 1 aromatic carbocycles. The number of carbonyl (C=O) groups is 1. The number of aromatic carboxylic acids is 1. The SMILES string of the molecule is Cc1cc(C)n(C(Cl)c2ccccc2)c(=O)c1C(=O)O. The molecule has 0 aliphatic heterocycles. The topological polar surface area (TPSA) is 59.3 Å². The lowest BCUT2D eigenvalue weighted by atomic mass is 10.1. The van der Waals surface area contributed by atoms with E-state index >= 15 is 0 Å². The number of pyridine rings is 1. The second kappa shape index (κ2) is 5.51. The minimum Gasteiger partial charge on any atom is -0.477 e. The molecule has 5 heteroatoms. The number of halogens is 1. The summed E-state index contributed by atoms with van der Waals surface area (Å²) in [6.45, 7) is 3.34. The second-order valence-electron chi connectivity index (χ2n) is 4.57. The molecule has 0 fully saturated rings. The largest absolute Gasteiger partial charge is 0.477 e. The molecule has 1 heterocycles. The molecule has 1 N–H and O–H groups in total. The zero-order valence-corrected chi connectivity index (χ0v) is 11.9. The highest BCUT2D eigenvalue weighted by Crippen LogP contribution is 2.23. The highest BCUT2D eigenvalue weighted by molar-refractivity contribution is 6.20. The van der Waals surface area contributed by atoms with Crippen LogP contribution in [-0.4, -0.2) is 15.6 Å². The van der Waals surface area contributed by atoms with Crippen LogP contribution < -0.4 is 5.56 Å². The summed E-state index contributed by atoms with van der Waals surface area (Å²) in [5, 5.41) is 9.16. The molecule has 0 saturated heterocycles. The summed E-state index contributed by atoms with van der Waals surface area (Å²) in [7, 11) is 0. The lowest BCUT2D eigenvalue weighted by Gasteiger charge is -2.18. The number of alkyl halides is 1. The Morgan fingerprint density at radius 2 is 1.85 bits per heavy atom. The molecule has 0 radical (unpaired) electrons. The fourth-order valence-corrected chi connectivity index (χ4v) is 2.60. The molecule has 104 valence electrons. The van der Waals surface area contributed by atoms with Crippen molar-refractivity contribution < 1.29 is 9.90 Å². The van der Waals surface area contributed by atoms with Crippen molar-refractivity contribution in [1.82, 2.24) is 4.57 Å². The molecule has 2 rings (SSSR count). The zero-order chi connectivity index (χ0) is 14.9. The van der Waals surface area contributed by atoms with Gasteiger partial charge in [0, 0.05) is 5.69 Å². The third-order valence-corrected chi connectivity index (χ3v) is 3.59. The molecular formula is C15H14ClNO3. The van der Waals surface area contributed by atoms with Crippen molar-refractivity contribution in [2.75, 3.05) is 0 Å². The number of carboxylic acids is 1. The molecule has 0 aliphatic rings. The Balaban J connectivity index is 2.66. The van der Waals surface area contributed by atoms with Crippen molar-refractivity contribution in [2.45, 2.75) is 19.3 Å². The first-order valence-electron chi connectivity index (χ1n) is 6.08. The predicted molar refractivity (Wildman–Crippen MR) is 77.6 cm³/mol. The summed E-state index contributed by atoms with van der Waals surface area (Å²) in [5.74, 6) is -1.24. The number of benzene rings is 1. The number of carboxylic acid groups (broad SMARTS) is 1. The van der Waals surface area contributed by atoms with Crippen LogP contribution in [0.5, 0.6) is 0 Å². The second-order valence-corrected chi connectivity index (χ2v) is 4.98. The van der Waals surface area contributed by atoms with Gasteiger partial charge in [-0.25, -0.2) is 4.79 Å². The number of hydrogen-bond acceptors (Lipinski definition) is 2. The first-order valence-corrected chi connectivity index (χ1v) is 6.52. The maximum absolute atomic E-state index is 12.4. The van der Waals surface area contributed by atoms with Crippen LogP contribution in [0.1, 0.15) is 32.7 Å². The van der Waals surface area contributed by atoms with Crippen LogP contribution in [0, 0.1) is 13.8 Å². The average Bonchev–Trinajstić information content (AvgIpc) is 2.38. The maximum Gasteiger partial charge on any atom is 0.341 e. The summed E-state index contributed by atoms with van der Waals surface area (Å²) >= 11 is 6.34. The van der Waals surface area contributed by atoms with Gasteiger partial charge in [0.15, 0.2) is 0 Å². The molecular weight excluding hydrogens is 278 g/mol. The Morgan fingerprint density at radius 1 is 1.25 bits per heavy atom. The highest BCUT2D eigenvalue weighted by Gasteiger charge is 2.21. The predicted octanol–water partition coefficient (Wildman–Crippen LogP) is 2.95. The van der Waals surface area contributed by atoms with Crippen LogP contribution in [0.2, 0.25) is 0 Å². The van der Waals surface area contributed by atoms with Crippen LogP contribution >= 0.6 is 11.6 Å². The summed E-state index contributed by atoms with van der Waals surface area (Å²) in [4.78, 5) is 23.6. The van der Waals surface area contributed by atoms with Gasteiger partial charge in [0.25, 0.3) is 5.56 Å². The number of aromatic nitrogens is 1. The van der Waals surface area contributed by atoms with Gasteiger partial charge in [-0.1, -0.05) is 41.9 Å². The van der Waals surface area contributed by atoms with Crippen molar-refractivity contribution in [3.8, 4) is 0 Å². The third-order valence-electron chi connectivity index (χ3n) is 3.15. The molecule has 0 bridgehead atoms. The number of rotatable bonds is 3. The summed E-state index contributed by atoms with van der Waals surface area (Å²) in [6, 6.07) is 10.7. The van der Waals surface area contributed by atoms with Crippen LogP contribution in [0.15, 0.2) is 41.2 Å². The average molecular weight is 292 g/mol. The van der Waals surface area contributed by atoms with Crippen LogP contribution in [0.4, 0.5) is 0 Å². The van der Waals surface area contributed by atoms with Gasteiger partial charge in [-0.15, -0.1) is 0 Å². The van der Waals surface area contributed by atoms with Gasteiger partial charge in [0.2, 0.25) is 0 Å². The van der Waals surface area contributed by atoms with E-state index in [0.29, 0.717) is 11.3 Å². The van der Waals surface area contributed by atoms with E-state index in [-0.39, 0.29) is 5.56 Å². The van der Waals surface area contributed by atoms with Gasteiger partial charge < -0.3 is 5.11 Å². The van der Waals surface area contributed by atoms with E-state index in [1.54, 1.807) is 32.0 Å². The van der Waals surface area contributed by atoms with Gasteiger partial charge >= 0.3 is 5.97 Å². The maximum atomic E-state index is 12.4. The molecule has 1 aromatic heterocycles. The van der Waals surface area contributed by atoms with E-state index in [1.807, 2.05) is 18.2 Å². The molecule has 20 heavy (non-hydrogen) atoms. The van der Waals surface area contributed by atoms with E-state index in [0.717, 1.165) is 5.56 Å². The highest BCUT2D eigenvalue weighted by atomic mass is 35.5. The lowest BCUT2D eigenvalue weighted by Crippen LogP contribution is -2.31. The van der Waals surface area contributed by atoms with Gasteiger partial charge in [0.05, 0.1) is 0 Å². The minimum atomic E-state index is -1.24. The molecule has 0 saturated carbocycles. The Labute approximate surface area is 121 Å². The van der Waals surface area contributed by atoms with Crippen LogP contribution in [-0.2, 0) is 0 Å². The molecule has 0 spiro atoms. The quantitative estimate of drug-likeness (QED) is 0.885.